The van der Waals surface area contributed by atoms with Crippen molar-refractivity contribution in [2.24, 2.45) is 0 Å². The molecule has 0 unspecified atom stereocenters. The topological polar surface area (TPSA) is 23.5 Å². The van der Waals surface area contributed by atoms with Crippen LogP contribution in [0.4, 0.5) is 0 Å². The average Bonchev–Trinajstić information content (AvgIpc) is 3.23. The Morgan fingerprint density at radius 3 is 2.63 bits per heavy atom. The summed E-state index contributed by atoms with van der Waals surface area (Å²) in [5.74, 6) is 0. The van der Waals surface area contributed by atoms with Gasteiger partial charge < -0.3 is 5.11 Å². The summed E-state index contributed by atoms with van der Waals surface area (Å²) in [5, 5.41) is 8.88. The Bertz CT molecular complexity index is 395. The predicted octanol–water partition coefficient (Wildman–Crippen LogP) is 3.33. The van der Waals surface area contributed by atoms with Gasteiger partial charge >= 0.3 is 0 Å². The minimum Gasteiger partial charge on any atom is -0.396 e. The standard InChI is InChI=1S/C17H25NO/c1-15(13-16-7-3-2-4-8-16)14-18(17-9-10-17)11-5-6-12-19/h2-4,7-8,13,17,19H,5-6,9-12,14H2,1H3/b15-13-. The molecule has 0 aliphatic heterocycles. The fraction of sp³-hybridized carbons (Fsp3) is 0.529. The first-order valence-electron chi connectivity index (χ1n) is 7.36. The zero-order valence-corrected chi connectivity index (χ0v) is 11.9. The van der Waals surface area contributed by atoms with Crippen molar-refractivity contribution in [3.63, 3.8) is 0 Å². The summed E-state index contributed by atoms with van der Waals surface area (Å²) in [7, 11) is 0. The highest BCUT2D eigenvalue weighted by atomic mass is 16.2. The van der Waals surface area contributed by atoms with Crippen molar-refractivity contribution in [1.29, 1.82) is 0 Å². The van der Waals surface area contributed by atoms with E-state index in [0.29, 0.717) is 6.61 Å². The van der Waals surface area contributed by atoms with Gasteiger partial charge in [-0.1, -0.05) is 42.0 Å². The van der Waals surface area contributed by atoms with Gasteiger partial charge in [0.1, 0.15) is 0 Å². The van der Waals surface area contributed by atoms with Crippen molar-refractivity contribution in [3.05, 3.63) is 41.5 Å². The van der Waals surface area contributed by atoms with Gasteiger partial charge in [0.05, 0.1) is 0 Å². The van der Waals surface area contributed by atoms with E-state index < -0.39 is 0 Å². The molecule has 2 nitrogen and oxygen atoms in total. The molecule has 0 aromatic heterocycles. The van der Waals surface area contributed by atoms with Crippen LogP contribution in [-0.2, 0) is 0 Å². The summed E-state index contributed by atoms with van der Waals surface area (Å²) in [4.78, 5) is 2.57. The SMILES string of the molecule is C/C(=C/c1ccccc1)CN(CCCCO)C1CC1. The zero-order chi connectivity index (χ0) is 13.5. The largest absolute Gasteiger partial charge is 0.396 e. The summed E-state index contributed by atoms with van der Waals surface area (Å²) in [6, 6.07) is 11.3. The van der Waals surface area contributed by atoms with E-state index in [0.717, 1.165) is 32.0 Å². The lowest BCUT2D eigenvalue weighted by atomic mass is 10.1. The Labute approximate surface area is 116 Å². The molecule has 1 fully saturated rings. The molecule has 104 valence electrons. The van der Waals surface area contributed by atoms with Gasteiger partial charge in [0.2, 0.25) is 0 Å². The van der Waals surface area contributed by atoms with Crippen molar-refractivity contribution in [2.45, 2.75) is 38.6 Å². The van der Waals surface area contributed by atoms with Crippen LogP contribution >= 0.6 is 0 Å². The van der Waals surface area contributed by atoms with E-state index in [-0.39, 0.29) is 0 Å². The predicted molar refractivity (Wildman–Crippen MR) is 81.0 cm³/mol. The molecular formula is C17H25NO. The molecule has 2 heteroatoms. The number of aliphatic hydroxyl groups excluding tert-OH is 1. The minimum absolute atomic E-state index is 0.317. The third-order valence-electron chi connectivity index (χ3n) is 3.58. The molecule has 0 radical (unpaired) electrons. The van der Waals surface area contributed by atoms with Crippen LogP contribution < -0.4 is 0 Å². The van der Waals surface area contributed by atoms with Crippen LogP contribution in [-0.4, -0.2) is 35.7 Å². The molecule has 1 N–H and O–H groups in total. The first-order valence-corrected chi connectivity index (χ1v) is 7.36. The highest BCUT2D eigenvalue weighted by Crippen LogP contribution is 2.28. The Morgan fingerprint density at radius 2 is 2.00 bits per heavy atom. The molecule has 2 rings (SSSR count). The molecule has 0 heterocycles. The number of benzene rings is 1. The van der Waals surface area contributed by atoms with Crippen molar-refractivity contribution >= 4 is 6.08 Å². The number of hydrogen-bond acceptors (Lipinski definition) is 2. The zero-order valence-electron chi connectivity index (χ0n) is 11.9. The highest BCUT2D eigenvalue weighted by Gasteiger charge is 2.28. The Morgan fingerprint density at radius 1 is 1.26 bits per heavy atom. The van der Waals surface area contributed by atoms with Gasteiger partial charge in [0.15, 0.2) is 0 Å². The summed E-state index contributed by atoms with van der Waals surface area (Å²) in [5.41, 5.74) is 2.70. The van der Waals surface area contributed by atoms with E-state index >= 15 is 0 Å². The van der Waals surface area contributed by atoms with Crippen molar-refractivity contribution < 1.29 is 5.11 Å². The van der Waals surface area contributed by atoms with E-state index in [4.69, 9.17) is 5.11 Å². The van der Waals surface area contributed by atoms with E-state index in [1.54, 1.807) is 0 Å². The molecule has 1 aromatic rings. The Balaban J connectivity index is 1.87. The Kier molecular flexibility index (Phi) is 5.62. The summed E-state index contributed by atoms with van der Waals surface area (Å²) in [6.45, 7) is 4.71. The molecule has 0 spiro atoms. The van der Waals surface area contributed by atoms with Gasteiger partial charge in [0.25, 0.3) is 0 Å². The average molecular weight is 259 g/mol. The molecular weight excluding hydrogens is 234 g/mol. The van der Waals surface area contributed by atoms with Crippen LogP contribution in [0.2, 0.25) is 0 Å². The molecule has 0 bridgehead atoms. The number of nitrogens with zero attached hydrogens (tertiary/aromatic N) is 1. The van der Waals surface area contributed by atoms with Crippen LogP contribution in [0.5, 0.6) is 0 Å². The molecule has 0 atom stereocenters. The molecule has 0 amide bonds. The van der Waals surface area contributed by atoms with Crippen LogP contribution in [0, 0.1) is 0 Å². The molecule has 0 saturated heterocycles. The normalized spacial score (nSPS) is 16.1. The fourth-order valence-corrected chi connectivity index (χ4v) is 2.46. The number of hydrogen-bond donors (Lipinski definition) is 1. The van der Waals surface area contributed by atoms with Crippen molar-refractivity contribution in [1.82, 2.24) is 4.90 Å². The van der Waals surface area contributed by atoms with E-state index in [1.165, 1.54) is 24.0 Å². The van der Waals surface area contributed by atoms with E-state index in [2.05, 4.69) is 48.2 Å². The van der Waals surface area contributed by atoms with Gasteiger partial charge in [-0.3, -0.25) is 4.90 Å². The van der Waals surface area contributed by atoms with Crippen LogP contribution in [0.3, 0.4) is 0 Å². The summed E-state index contributed by atoms with van der Waals surface area (Å²) < 4.78 is 0. The summed E-state index contributed by atoms with van der Waals surface area (Å²) >= 11 is 0. The second kappa shape index (κ2) is 7.46. The van der Waals surface area contributed by atoms with Crippen LogP contribution in [0.25, 0.3) is 6.08 Å². The smallest absolute Gasteiger partial charge is 0.0431 e. The van der Waals surface area contributed by atoms with Gasteiger partial charge in [-0.05, 0) is 44.7 Å². The molecule has 19 heavy (non-hydrogen) atoms. The van der Waals surface area contributed by atoms with Gasteiger partial charge in [-0.15, -0.1) is 0 Å². The van der Waals surface area contributed by atoms with E-state index in [9.17, 15) is 0 Å². The number of rotatable bonds is 8. The number of unbranched alkanes of at least 4 members (excludes halogenated alkanes) is 1. The highest BCUT2D eigenvalue weighted by molar-refractivity contribution is 5.52. The lowest BCUT2D eigenvalue weighted by Gasteiger charge is -2.22. The van der Waals surface area contributed by atoms with Gasteiger partial charge in [-0.2, -0.15) is 0 Å². The monoisotopic (exact) mass is 259 g/mol. The van der Waals surface area contributed by atoms with Crippen molar-refractivity contribution in [2.75, 3.05) is 19.7 Å². The lowest BCUT2D eigenvalue weighted by Crippen LogP contribution is -2.29. The third-order valence-corrected chi connectivity index (χ3v) is 3.58. The molecule has 1 saturated carbocycles. The first-order chi connectivity index (χ1) is 9.29. The Hall–Kier alpha value is -1.12. The lowest BCUT2D eigenvalue weighted by molar-refractivity contribution is 0.246. The number of aliphatic hydroxyl groups is 1. The second-order valence-electron chi connectivity index (χ2n) is 5.53. The van der Waals surface area contributed by atoms with Gasteiger partial charge in [-0.25, -0.2) is 0 Å². The maximum atomic E-state index is 8.88. The maximum absolute atomic E-state index is 8.88. The second-order valence-corrected chi connectivity index (χ2v) is 5.53. The fourth-order valence-electron chi connectivity index (χ4n) is 2.46. The summed E-state index contributed by atoms with van der Waals surface area (Å²) in [6.07, 6.45) is 6.99. The minimum atomic E-state index is 0.317. The van der Waals surface area contributed by atoms with Gasteiger partial charge in [0, 0.05) is 19.2 Å². The molecule has 1 aromatic carbocycles. The molecule has 1 aliphatic carbocycles. The van der Waals surface area contributed by atoms with E-state index in [1.807, 2.05) is 0 Å². The third kappa shape index (κ3) is 5.17. The van der Waals surface area contributed by atoms with Crippen LogP contribution in [0.15, 0.2) is 35.9 Å². The van der Waals surface area contributed by atoms with Crippen molar-refractivity contribution in [3.8, 4) is 0 Å². The van der Waals surface area contributed by atoms with Crippen LogP contribution in [0.1, 0.15) is 38.2 Å². The quantitative estimate of drug-likeness (QED) is 0.724. The maximum Gasteiger partial charge on any atom is 0.0431 e. The first kappa shape index (κ1) is 14.3. The molecule has 1 aliphatic rings.